The molecule has 3 aromatic rings. The molecule has 3 rings (SSSR count). The van der Waals surface area contributed by atoms with Gasteiger partial charge < -0.3 is 9.88 Å². The quantitative estimate of drug-likeness (QED) is 0.749. The predicted octanol–water partition coefficient (Wildman–Crippen LogP) is 2.61. The molecule has 1 aromatic carbocycles. The molecule has 0 spiro atoms. The molecule has 100 valence electrons. The van der Waals surface area contributed by atoms with Gasteiger partial charge in [0.2, 0.25) is 0 Å². The third kappa shape index (κ3) is 2.44. The van der Waals surface area contributed by atoms with Crippen LogP contribution in [0.25, 0.3) is 10.9 Å². The minimum absolute atomic E-state index is 0.346. The lowest BCUT2D eigenvalue weighted by molar-refractivity contribution is 0.262. The molecule has 6 heteroatoms. The number of nitrogens with one attached hydrogen (secondary N) is 2. The molecule has 6 nitrogen and oxygen atoms in total. The summed E-state index contributed by atoms with van der Waals surface area (Å²) in [7, 11) is 1.98. The van der Waals surface area contributed by atoms with Crippen LogP contribution in [0, 0.1) is 0 Å². The van der Waals surface area contributed by atoms with Gasteiger partial charge in [-0.2, -0.15) is 0 Å². The fraction of sp³-hybridized carbons (Fsp3) is 0.0714. The van der Waals surface area contributed by atoms with Crippen molar-refractivity contribution in [3.63, 3.8) is 0 Å². The Kier molecular flexibility index (Phi) is 3.04. The predicted molar refractivity (Wildman–Crippen MR) is 77.6 cm³/mol. The number of carbonyl (C=O) groups is 1. The van der Waals surface area contributed by atoms with E-state index in [2.05, 4.69) is 20.6 Å². The molecule has 0 bridgehead atoms. The number of hydrogen-bond acceptors (Lipinski definition) is 3. The largest absolute Gasteiger partial charge is 0.351 e. The highest BCUT2D eigenvalue weighted by Crippen LogP contribution is 2.19. The van der Waals surface area contributed by atoms with Crippen molar-refractivity contribution in [1.82, 2.24) is 14.5 Å². The van der Waals surface area contributed by atoms with Gasteiger partial charge in [-0.1, -0.05) is 0 Å². The second-order valence-electron chi connectivity index (χ2n) is 4.37. The summed E-state index contributed by atoms with van der Waals surface area (Å²) in [5, 5.41) is 6.45. The lowest BCUT2D eigenvalue weighted by Gasteiger charge is -2.07. The van der Waals surface area contributed by atoms with E-state index in [4.69, 9.17) is 0 Å². The molecule has 2 heterocycles. The van der Waals surface area contributed by atoms with E-state index in [9.17, 15) is 4.79 Å². The summed E-state index contributed by atoms with van der Waals surface area (Å²) in [5.74, 6) is 0.408. The van der Waals surface area contributed by atoms with Gasteiger partial charge in [-0.15, -0.1) is 0 Å². The number of anilines is 2. The first-order valence-electron chi connectivity index (χ1n) is 6.11. The summed E-state index contributed by atoms with van der Waals surface area (Å²) in [6.07, 6.45) is 6.53. The van der Waals surface area contributed by atoms with Crippen LogP contribution in [0.4, 0.5) is 16.3 Å². The van der Waals surface area contributed by atoms with Gasteiger partial charge in [0.25, 0.3) is 0 Å². The highest BCUT2D eigenvalue weighted by molar-refractivity contribution is 6.00. The van der Waals surface area contributed by atoms with Crippen molar-refractivity contribution < 1.29 is 4.79 Å². The van der Waals surface area contributed by atoms with Crippen LogP contribution < -0.4 is 10.6 Å². The number of aryl methyl sites for hydroxylation is 1. The summed E-state index contributed by atoms with van der Waals surface area (Å²) < 4.78 is 2.03. The summed E-state index contributed by atoms with van der Waals surface area (Å²) in [4.78, 5) is 19.7. The normalized spacial score (nSPS) is 10.4. The lowest BCUT2D eigenvalue weighted by atomic mass is 10.2. The molecular weight excluding hydrogens is 254 g/mol. The van der Waals surface area contributed by atoms with E-state index in [1.54, 1.807) is 6.20 Å². The van der Waals surface area contributed by atoms with Crippen molar-refractivity contribution in [1.29, 1.82) is 0 Å². The molecule has 2 N–H and O–H groups in total. The Morgan fingerprint density at radius 1 is 1.20 bits per heavy atom. The molecule has 2 amide bonds. The summed E-state index contributed by atoms with van der Waals surface area (Å²) in [6.45, 7) is 0. The monoisotopic (exact) mass is 267 g/mol. The van der Waals surface area contributed by atoms with E-state index in [1.807, 2.05) is 42.1 Å². The Bertz CT molecular complexity index is 751. The number of rotatable bonds is 2. The van der Waals surface area contributed by atoms with Crippen LogP contribution in [0.15, 0.2) is 49.1 Å². The Hall–Kier alpha value is -2.89. The van der Waals surface area contributed by atoms with E-state index in [0.29, 0.717) is 5.82 Å². The van der Waals surface area contributed by atoms with Gasteiger partial charge in [0.1, 0.15) is 0 Å². The number of fused-ring (bicyclic) bond motifs is 1. The maximum absolute atomic E-state index is 11.8. The van der Waals surface area contributed by atoms with Gasteiger partial charge in [0.05, 0.1) is 6.20 Å². The second-order valence-corrected chi connectivity index (χ2v) is 4.37. The molecule has 0 saturated heterocycles. The Morgan fingerprint density at radius 3 is 2.90 bits per heavy atom. The minimum Gasteiger partial charge on any atom is -0.351 e. The zero-order valence-corrected chi connectivity index (χ0v) is 10.9. The molecule has 0 radical (unpaired) electrons. The SMILES string of the molecule is Cn1ccc2cc(NC(=O)Nc3cnccn3)ccc21. The van der Waals surface area contributed by atoms with E-state index >= 15 is 0 Å². The molecular formula is C14H13N5O. The molecule has 0 atom stereocenters. The summed E-state index contributed by atoms with van der Waals surface area (Å²) >= 11 is 0. The summed E-state index contributed by atoms with van der Waals surface area (Å²) in [6, 6.07) is 7.40. The maximum atomic E-state index is 11.8. The molecule has 2 aromatic heterocycles. The van der Waals surface area contributed by atoms with E-state index in [1.165, 1.54) is 12.4 Å². The highest BCUT2D eigenvalue weighted by Gasteiger charge is 2.05. The molecule has 0 saturated carbocycles. The lowest BCUT2D eigenvalue weighted by Crippen LogP contribution is -2.20. The van der Waals surface area contributed by atoms with Crippen molar-refractivity contribution in [2.75, 3.05) is 10.6 Å². The number of carbonyl (C=O) groups excluding carboxylic acids is 1. The molecule has 0 unspecified atom stereocenters. The van der Waals surface area contributed by atoms with Gasteiger partial charge in [-0.05, 0) is 24.3 Å². The zero-order chi connectivity index (χ0) is 13.9. The van der Waals surface area contributed by atoms with Gasteiger partial charge >= 0.3 is 6.03 Å². The molecule has 0 fully saturated rings. The first-order valence-corrected chi connectivity index (χ1v) is 6.11. The fourth-order valence-electron chi connectivity index (χ4n) is 2.00. The fourth-order valence-corrected chi connectivity index (χ4v) is 2.00. The van der Waals surface area contributed by atoms with Crippen LogP contribution in [0.5, 0.6) is 0 Å². The first kappa shape index (κ1) is 12.2. The van der Waals surface area contributed by atoms with E-state index in [-0.39, 0.29) is 6.03 Å². The number of aromatic nitrogens is 3. The first-order chi connectivity index (χ1) is 9.72. The zero-order valence-electron chi connectivity index (χ0n) is 10.9. The van der Waals surface area contributed by atoms with Crippen LogP contribution in [0.1, 0.15) is 0 Å². The Balaban J connectivity index is 1.74. The van der Waals surface area contributed by atoms with Gasteiger partial charge in [-0.3, -0.25) is 10.3 Å². The van der Waals surface area contributed by atoms with Crippen LogP contribution in [0.2, 0.25) is 0 Å². The van der Waals surface area contributed by atoms with Gasteiger partial charge in [-0.25, -0.2) is 9.78 Å². The highest BCUT2D eigenvalue weighted by atomic mass is 16.2. The van der Waals surface area contributed by atoms with Crippen molar-refractivity contribution in [2.24, 2.45) is 7.05 Å². The van der Waals surface area contributed by atoms with Gasteiger partial charge in [0.15, 0.2) is 5.82 Å². The van der Waals surface area contributed by atoms with Crippen LogP contribution in [-0.4, -0.2) is 20.6 Å². The number of urea groups is 1. The third-order valence-corrected chi connectivity index (χ3v) is 2.95. The maximum Gasteiger partial charge on any atom is 0.324 e. The van der Waals surface area contributed by atoms with Crippen molar-refractivity contribution in [2.45, 2.75) is 0 Å². The topological polar surface area (TPSA) is 71.8 Å². The van der Waals surface area contributed by atoms with Crippen LogP contribution in [-0.2, 0) is 7.05 Å². The second kappa shape index (κ2) is 5.00. The van der Waals surface area contributed by atoms with E-state index in [0.717, 1.165) is 16.6 Å². The van der Waals surface area contributed by atoms with Gasteiger partial charge in [0, 0.05) is 42.2 Å². The number of benzene rings is 1. The van der Waals surface area contributed by atoms with Crippen molar-refractivity contribution in [3.8, 4) is 0 Å². The number of nitrogens with zero attached hydrogens (tertiary/aromatic N) is 3. The molecule has 0 aliphatic rings. The minimum atomic E-state index is -0.346. The third-order valence-electron chi connectivity index (χ3n) is 2.95. The smallest absolute Gasteiger partial charge is 0.324 e. The standard InChI is InChI=1S/C14H13N5O/c1-19-7-4-10-8-11(2-3-12(10)19)17-14(20)18-13-9-15-5-6-16-13/h2-9H,1H3,(H2,16,17,18,20). The number of amides is 2. The van der Waals surface area contributed by atoms with Crippen molar-refractivity contribution in [3.05, 3.63) is 49.1 Å². The average Bonchev–Trinajstić information content (AvgIpc) is 2.81. The summed E-state index contributed by atoms with van der Waals surface area (Å²) in [5.41, 5.74) is 1.84. The van der Waals surface area contributed by atoms with Crippen molar-refractivity contribution >= 4 is 28.4 Å². The Morgan fingerprint density at radius 2 is 2.10 bits per heavy atom. The molecule has 0 aliphatic heterocycles. The van der Waals surface area contributed by atoms with Crippen LogP contribution in [0.3, 0.4) is 0 Å². The average molecular weight is 267 g/mol. The molecule has 20 heavy (non-hydrogen) atoms. The number of hydrogen-bond donors (Lipinski definition) is 2. The van der Waals surface area contributed by atoms with E-state index < -0.39 is 0 Å². The van der Waals surface area contributed by atoms with Crippen LogP contribution >= 0.6 is 0 Å². The Labute approximate surface area is 115 Å². The molecule has 0 aliphatic carbocycles.